The van der Waals surface area contributed by atoms with Crippen LogP contribution in [0.25, 0.3) is 0 Å². The molecule has 1 amide bonds. The Hall–Kier alpha value is -3.47. The van der Waals surface area contributed by atoms with Gasteiger partial charge in [-0.25, -0.2) is 9.37 Å². The van der Waals surface area contributed by atoms with E-state index in [9.17, 15) is 4.79 Å². The standard InChI is InChI=1S/C27H28Cl2FN7O2/c1-15(23-19(28)11-34-12-20(23)29)39-17-4-5-22(31)18(9-17)24(32)16-8-21(30)25(35-10-16)37-13-27(33,14-37)26(38)36-6-2-3-7-36/h4-5,8-12,15,32H,2-3,6-7,13-14,31,33H2,1H3/t15-/m1/s1. The van der Waals surface area contributed by atoms with E-state index in [0.29, 0.717) is 45.7 Å². The highest BCUT2D eigenvalue weighted by Crippen LogP contribution is 2.34. The number of halogens is 3. The third kappa shape index (κ3) is 5.24. The lowest BCUT2D eigenvalue weighted by molar-refractivity contribution is -0.136. The summed E-state index contributed by atoms with van der Waals surface area (Å²) in [5.41, 5.74) is 12.9. The molecule has 39 heavy (non-hydrogen) atoms. The molecule has 5 rings (SSSR count). The molecule has 0 aliphatic carbocycles. The van der Waals surface area contributed by atoms with Crippen molar-refractivity contribution in [1.29, 1.82) is 5.41 Å². The minimum absolute atomic E-state index is 0.0236. The van der Waals surface area contributed by atoms with Crippen molar-refractivity contribution in [2.45, 2.75) is 31.4 Å². The lowest BCUT2D eigenvalue weighted by atomic mass is 9.89. The summed E-state index contributed by atoms with van der Waals surface area (Å²) in [4.78, 5) is 24.4. The highest BCUT2D eigenvalue weighted by molar-refractivity contribution is 6.35. The Morgan fingerprint density at radius 1 is 1.15 bits per heavy atom. The van der Waals surface area contributed by atoms with Gasteiger partial charge in [-0.3, -0.25) is 15.2 Å². The van der Waals surface area contributed by atoms with E-state index in [-0.39, 0.29) is 36.1 Å². The fraction of sp³-hybridized carbons (Fsp3) is 0.333. The van der Waals surface area contributed by atoms with Gasteiger partial charge in [0.1, 0.15) is 17.4 Å². The van der Waals surface area contributed by atoms with Crippen LogP contribution in [0.15, 0.2) is 42.9 Å². The van der Waals surface area contributed by atoms with Gasteiger partial charge in [-0.05, 0) is 44.0 Å². The molecule has 0 radical (unpaired) electrons. The highest BCUT2D eigenvalue weighted by atomic mass is 35.5. The summed E-state index contributed by atoms with van der Waals surface area (Å²) in [5, 5.41) is 9.43. The number of aromatic nitrogens is 2. The van der Waals surface area contributed by atoms with Crippen molar-refractivity contribution in [2.24, 2.45) is 5.73 Å². The molecule has 5 N–H and O–H groups in total. The number of nitrogens with two attached hydrogens (primary N) is 2. The SMILES string of the molecule is C[C@@H](Oc1ccc(N)c(C(=N)c2cnc(N3CC(N)(C(=O)N4CCCC4)C3)c(F)c2)c1)c1c(Cl)cncc1Cl. The van der Waals surface area contributed by atoms with Crippen molar-refractivity contribution in [3.05, 3.63) is 75.4 Å². The van der Waals surface area contributed by atoms with Crippen LogP contribution in [-0.4, -0.2) is 58.2 Å². The van der Waals surface area contributed by atoms with Crippen LogP contribution < -0.4 is 21.1 Å². The molecule has 0 saturated carbocycles. The Morgan fingerprint density at radius 2 is 1.82 bits per heavy atom. The predicted molar refractivity (Wildman–Crippen MR) is 149 cm³/mol. The quantitative estimate of drug-likeness (QED) is 0.285. The average molecular weight is 572 g/mol. The second kappa shape index (κ2) is 10.6. The Morgan fingerprint density at radius 3 is 2.46 bits per heavy atom. The summed E-state index contributed by atoms with van der Waals surface area (Å²) in [5.74, 6) is -0.204. The molecular formula is C27H28Cl2FN7O2. The van der Waals surface area contributed by atoms with Crippen LogP contribution in [0.2, 0.25) is 10.0 Å². The number of anilines is 2. The second-order valence-electron chi connectivity index (χ2n) is 9.94. The van der Waals surface area contributed by atoms with E-state index in [4.69, 9.17) is 44.8 Å². The molecule has 4 heterocycles. The number of ether oxygens (including phenoxy) is 1. The average Bonchev–Trinajstić information content (AvgIpc) is 3.42. The third-order valence-electron chi connectivity index (χ3n) is 7.08. The Kier molecular flexibility index (Phi) is 7.37. The number of carbonyl (C=O) groups excluding carboxylic acids is 1. The largest absolute Gasteiger partial charge is 0.486 e. The molecule has 1 aromatic carbocycles. The van der Waals surface area contributed by atoms with Crippen LogP contribution in [0, 0.1) is 11.2 Å². The number of amides is 1. The number of carbonyl (C=O) groups is 1. The minimum atomic E-state index is -1.04. The summed E-state index contributed by atoms with van der Waals surface area (Å²) in [6, 6.07) is 6.11. The van der Waals surface area contributed by atoms with E-state index >= 15 is 4.39 Å². The first kappa shape index (κ1) is 27.1. The van der Waals surface area contributed by atoms with Crippen LogP contribution in [0.3, 0.4) is 0 Å². The fourth-order valence-corrected chi connectivity index (χ4v) is 5.68. The molecule has 3 aromatic rings. The van der Waals surface area contributed by atoms with Gasteiger partial charge in [-0.2, -0.15) is 0 Å². The first-order valence-electron chi connectivity index (χ1n) is 12.5. The number of nitrogens with one attached hydrogen (secondary N) is 1. The second-order valence-corrected chi connectivity index (χ2v) is 10.8. The van der Waals surface area contributed by atoms with Gasteiger partial charge < -0.3 is 26.0 Å². The maximum absolute atomic E-state index is 15.1. The van der Waals surface area contributed by atoms with Gasteiger partial charge in [0.2, 0.25) is 5.91 Å². The lowest BCUT2D eigenvalue weighted by Gasteiger charge is -2.48. The van der Waals surface area contributed by atoms with E-state index < -0.39 is 17.5 Å². The zero-order valence-corrected chi connectivity index (χ0v) is 22.8. The van der Waals surface area contributed by atoms with Crippen LogP contribution in [-0.2, 0) is 4.79 Å². The fourth-order valence-electron chi connectivity index (χ4n) is 5.01. The Bertz CT molecular complexity index is 1420. The minimum Gasteiger partial charge on any atom is -0.486 e. The lowest BCUT2D eigenvalue weighted by Crippen LogP contribution is -2.74. The van der Waals surface area contributed by atoms with E-state index in [1.54, 1.807) is 34.9 Å². The monoisotopic (exact) mass is 571 g/mol. The number of benzene rings is 1. The molecule has 0 unspecified atom stereocenters. The number of nitrogens with zero attached hydrogens (tertiary/aromatic N) is 4. The van der Waals surface area contributed by atoms with E-state index in [2.05, 4.69) is 9.97 Å². The smallest absolute Gasteiger partial charge is 0.246 e. The summed E-state index contributed by atoms with van der Waals surface area (Å²) in [6.45, 7) is 3.57. The van der Waals surface area contributed by atoms with Gasteiger partial charge in [0.25, 0.3) is 0 Å². The first-order chi connectivity index (χ1) is 18.6. The van der Waals surface area contributed by atoms with E-state index in [1.165, 1.54) is 24.7 Å². The maximum Gasteiger partial charge on any atom is 0.246 e. The molecule has 204 valence electrons. The van der Waals surface area contributed by atoms with Crippen molar-refractivity contribution < 1.29 is 13.9 Å². The number of rotatable bonds is 7. The van der Waals surface area contributed by atoms with Gasteiger partial charge in [0.15, 0.2) is 11.6 Å². The highest BCUT2D eigenvalue weighted by Gasteiger charge is 2.49. The van der Waals surface area contributed by atoms with Gasteiger partial charge in [0, 0.05) is 67.1 Å². The molecule has 0 bridgehead atoms. The predicted octanol–water partition coefficient (Wildman–Crippen LogP) is 4.20. The van der Waals surface area contributed by atoms with Gasteiger partial charge in [0.05, 0.1) is 15.8 Å². The van der Waals surface area contributed by atoms with Crippen LogP contribution in [0.1, 0.15) is 42.6 Å². The third-order valence-corrected chi connectivity index (χ3v) is 7.68. The molecule has 0 spiro atoms. The molecule has 12 heteroatoms. The van der Waals surface area contributed by atoms with Gasteiger partial charge in [-0.1, -0.05) is 23.2 Å². The summed E-state index contributed by atoms with van der Waals surface area (Å²) < 4.78 is 21.2. The topological polar surface area (TPSA) is 134 Å². The molecule has 2 aliphatic heterocycles. The van der Waals surface area contributed by atoms with Gasteiger partial charge >= 0.3 is 0 Å². The van der Waals surface area contributed by atoms with E-state index in [1.807, 2.05) is 0 Å². The molecule has 2 aliphatic rings. The Balaban J connectivity index is 1.30. The molecule has 2 saturated heterocycles. The van der Waals surface area contributed by atoms with Crippen LogP contribution in [0.5, 0.6) is 5.75 Å². The molecule has 9 nitrogen and oxygen atoms in total. The van der Waals surface area contributed by atoms with Crippen molar-refractivity contribution in [3.8, 4) is 5.75 Å². The number of likely N-dealkylation sites (tertiary alicyclic amines) is 1. The number of hydrogen-bond acceptors (Lipinski definition) is 8. The zero-order valence-electron chi connectivity index (χ0n) is 21.3. The van der Waals surface area contributed by atoms with E-state index in [0.717, 1.165) is 12.8 Å². The zero-order chi connectivity index (χ0) is 27.9. The van der Waals surface area contributed by atoms with Crippen molar-refractivity contribution in [1.82, 2.24) is 14.9 Å². The molecule has 2 fully saturated rings. The van der Waals surface area contributed by atoms with Crippen LogP contribution in [0.4, 0.5) is 15.9 Å². The first-order valence-corrected chi connectivity index (χ1v) is 13.3. The number of hydrogen-bond donors (Lipinski definition) is 3. The van der Waals surface area contributed by atoms with Crippen molar-refractivity contribution >= 4 is 46.3 Å². The summed E-state index contributed by atoms with van der Waals surface area (Å²) in [6.07, 6.45) is 5.81. The van der Waals surface area contributed by atoms with Crippen molar-refractivity contribution in [2.75, 3.05) is 36.8 Å². The van der Waals surface area contributed by atoms with Crippen molar-refractivity contribution in [3.63, 3.8) is 0 Å². The summed E-state index contributed by atoms with van der Waals surface area (Å²) in [7, 11) is 0. The molecule has 2 aromatic heterocycles. The molecule has 1 atom stereocenters. The number of nitrogen functional groups attached to an aromatic ring is 1. The van der Waals surface area contributed by atoms with Crippen LogP contribution >= 0.6 is 23.2 Å². The molecular weight excluding hydrogens is 544 g/mol. The number of pyridine rings is 2. The normalized spacial score (nSPS) is 17.1. The summed E-state index contributed by atoms with van der Waals surface area (Å²) >= 11 is 12.5. The maximum atomic E-state index is 15.1. The Labute approximate surface area is 235 Å². The van der Waals surface area contributed by atoms with Gasteiger partial charge in [-0.15, -0.1) is 0 Å².